The molecule has 0 fully saturated rings. The standard InChI is InChI=1S/C19H23N3O2/c1-14-13-15-7-3-4-9-17(15)22(14)18-10-5-8-16(21-18)19(23)20-11-6-12-24-2/h3-5,7-10,14H,6,11-13H2,1-2H3,(H,20,23). The first-order valence-corrected chi connectivity index (χ1v) is 8.32. The second kappa shape index (κ2) is 7.45. The number of hydrogen-bond donors (Lipinski definition) is 1. The van der Waals surface area contributed by atoms with Crippen LogP contribution in [-0.2, 0) is 11.2 Å². The fourth-order valence-electron chi connectivity index (χ4n) is 3.11. The number of carbonyl (C=O) groups excluding carboxylic acids is 1. The molecule has 1 amide bonds. The van der Waals surface area contributed by atoms with Gasteiger partial charge in [-0.1, -0.05) is 24.3 Å². The molecule has 0 saturated carbocycles. The summed E-state index contributed by atoms with van der Waals surface area (Å²) in [5, 5.41) is 2.88. The van der Waals surface area contributed by atoms with E-state index in [-0.39, 0.29) is 5.91 Å². The van der Waals surface area contributed by atoms with E-state index in [4.69, 9.17) is 4.74 Å². The molecule has 1 N–H and O–H groups in total. The Hall–Kier alpha value is -2.40. The first-order chi connectivity index (χ1) is 11.7. The van der Waals surface area contributed by atoms with E-state index in [1.807, 2.05) is 18.2 Å². The summed E-state index contributed by atoms with van der Waals surface area (Å²) in [6.45, 7) is 3.40. The number of fused-ring (bicyclic) bond motifs is 1. The highest BCUT2D eigenvalue weighted by molar-refractivity contribution is 5.92. The molecule has 0 radical (unpaired) electrons. The van der Waals surface area contributed by atoms with Gasteiger partial charge in [-0.25, -0.2) is 4.98 Å². The van der Waals surface area contributed by atoms with E-state index in [0.29, 0.717) is 24.9 Å². The third-order valence-electron chi connectivity index (χ3n) is 4.23. The molecule has 1 aromatic carbocycles. The van der Waals surface area contributed by atoms with Gasteiger partial charge >= 0.3 is 0 Å². The Morgan fingerprint density at radius 3 is 2.96 bits per heavy atom. The van der Waals surface area contributed by atoms with E-state index >= 15 is 0 Å². The largest absolute Gasteiger partial charge is 0.385 e. The van der Waals surface area contributed by atoms with Crippen LogP contribution < -0.4 is 10.2 Å². The molecule has 0 bridgehead atoms. The Morgan fingerprint density at radius 2 is 2.12 bits per heavy atom. The van der Waals surface area contributed by atoms with Gasteiger partial charge < -0.3 is 15.0 Å². The molecular weight excluding hydrogens is 302 g/mol. The van der Waals surface area contributed by atoms with Gasteiger partial charge in [0.15, 0.2) is 0 Å². The number of amides is 1. The van der Waals surface area contributed by atoms with Crippen molar-refractivity contribution in [2.24, 2.45) is 0 Å². The number of benzene rings is 1. The Kier molecular flexibility index (Phi) is 5.11. The zero-order valence-electron chi connectivity index (χ0n) is 14.2. The molecule has 2 aromatic rings. The highest BCUT2D eigenvalue weighted by Crippen LogP contribution is 2.36. The number of methoxy groups -OCH3 is 1. The Balaban J connectivity index is 1.77. The molecule has 1 unspecified atom stereocenters. The molecule has 3 rings (SSSR count). The molecule has 0 aliphatic carbocycles. The van der Waals surface area contributed by atoms with Gasteiger partial charge in [-0.3, -0.25) is 4.79 Å². The molecular formula is C19H23N3O2. The number of ether oxygens (including phenoxy) is 1. The Labute approximate surface area is 142 Å². The van der Waals surface area contributed by atoms with Crippen LogP contribution in [0.2, 0.25) is 0 Å². The topological polar surface area (TPSA) is 54.5 Å². The van der Waals surface area contributed by atoms with Gasteiger partial charge in [-0.15, -0.1) is 0 Å². The molecule has 2 heterocycles. The highest BCUT2D eigenvalue weighted by atomic mass is 16.5. The SMILES string of the molecule is COCCCNC(=O)c1cccc(N2c3ccccc3CC2C)n1. The summed E-state index contributed by atoms with van der Waals surface area (Å²) in [4.78, 5) is 19.1. The van der Waals surface area contributed by atoms with E-state index < -0.39 is 0 Å². The maximum absolute atomic E-state index is 12.3. The van der Waals surface area contributed by atoms with Crippen LogP contribution >= 0.6 is 0 Å². The molecule has 24 heavy (non-hydrogen) atoms. The normalized spacial score (nSPS) is 16.1. The van der Waals surface area contributed by atoms with Crippen LogP contribution in [0.3, 0.4) is 0 Å². The fraction of sp³-hybridized carbons (Fsp3) is 0.368. The van der Waals surface area contributed by atoms with Crippen LogP contribution in [0.4, 0.5) is 11.5 Å². The quantitative estimate of drug-likeness (QED) is 0.830. The van der Waals surface area contributed by atoms with Crippen LogP contribution in [0, 0.1) is 0 Å². The van der Waals surface area contributed by atoms with Crippen molar-refractivity contribution in [1.29, 1.82) is 0 Å². The van der Waals surface area contributed by atoms with Crippen molar-refractivity contribution in [2.75, 3.05) is 25.2 Å². The van der Waals surface area contributed by atoms with E-state index in [1.165, 1.54) is 11.3 Å². The van der Waals surface area contributed by atoms with Crippen molar-refractivity contribution in [3.05, 3.63) is 53.7 Å². The predicted octanol–water partition coefficient (Wildman–Crippen LogP) is 2.93. The zero-order chi connectivity index (χ0) is 16.9. The minimum absolute atomic E-state index is 0.145. The van der Waals surface area contributed by atoms with Crippen molar-refractivity contribution in [3.8, 4) is 0 Å². The maximum Gasteiger partial charge on any atom is 0.269 e. The van der Waals surface area contributed by atoms with Gasteiger partial charge in [0.05, 0.1) is 0 Å². The molecule has 1 aliphatic heterocycles. The van der Waals surface area contributed by atoms with E-state index in [0.717, 1.165) is 18.7 Å². The summed E-state index contributed by atoms with van der Waals surface area (Å²) < 4.78 is 4.99. The lowest BCUT2D eigenvalue weighted by atomic mass is 10.1. The number of hydrogen-bond acceptors (Lipinski definition) is 4. The maximum atomic E-state index is 12.3. The van der Waals surface area contributed by atoms with Crippen LogP contribution in [0.5, 0.6) is 0 Å². The second-order valence-corrected chi connectivity index (χ2v) is 6.04. The molecule has 5 heteroatoms. The lowest BCUT2D eigenvalue weighted by Gasteiger charge is -2.24. The van der Waals surface area contributed by atoms with Crippen molar-refractivity contribution in [1.82, 2.24) is 10.3 Å². The summed E-state index contributed by atoms with van der Waals surface area (Å²) >= 11 is 0. The number of rotatable bonds is 6. The summed E-state index contributed by atoms with van der Waals surface area (Å²) in [6, 6.07) is 14.3. The van der Waals surface area contributed by atoms with Crippen molar-refractivity contribution < 1.29 is 9.53 Å². The molecule has 1 aromatic heterocycles. The average Bonchev–Trinajstić information content (AvgIpc) is 2.94. The number of nitrogens with one attached hydrogen (secondary N) is 1. The van der Waals surface area contributed by atoms with Crippen LogP contribution in [0.25, 0.3) is 0 Å². The third kappa shape index (κ3) is 3.41. The van der Waals surface area contributed by atoms with Gasteiger partial charge in [0.25, 0.3) is 5.91 Å². The number of carbonyl (C=O) groups is 1. The lowest BCUT2D eigenvalue weighted by Crippen LogP contribution is -2.28. The first kappa shape index (κ1) is 16.5. The fourth-order valence-corrected chi connectivity index (χ4v) is 3.11. The summed E-state index contributed by atoms with van der Waals surface area (Å²) in [6.07, 6.45) is 1.78. The summed E-state index contributed by atoms with van der Waals surface area (Å²) in [7, 11) is 1.65. The summed E-state index contributed by atoms with van der Waals surface area (Å²) in [5.41, 5.74) is 2.94. The highest BCUT2D eigenvalue weighted by Gasteiger charge is 2.27. The number of anilines is 2. The van der Waals surface area contributed by atoms with Crippen LogP contribution in [0.1, 0.15) is 29.4 Å². The van der Waals surface area contributed by atoms with E-state index in [9.17, 15) is 4.79 Å². The minimum Gasteiger partial charge on any atom is -0.385 e. The minimum atomic E-state index is -0.145. The van der Waals surface area contributed by atoms with Gasteiger partial charge in [0.2, 0.25) is 0 Å². The molecule has 126 valence electrons. The summed E-state index contributed by atoms with van der Waals surface area (Å²) in [5.74, 6) is 0.671. The molecule has 0 spiro atoms. The Bertz CT molecular complexity index is 717. The Morgan fingerprint density at radius 1 is 1.29 bits per heavy atom. The first-order valence-electron chi connectivity index (χ1n) is 8.32. The number of para-hydroxylation sites is 1. The molecule has 5 nitrogen and oxygen atoms in total. The monoisotopic (exact) mass is 325 g/mol. The van der Waals surface area contributed by atoms with Gasteiger partial charge in [-0.2, -0.15) is 0 Å². The van der Waals surface area contributed by atoms with Crippen molar-refractivity contribution in [2.45, 2.75) is 25.8 Å². The van der Waals surface area contributed by atoms with Crippen LogP contribution in [-0.4, -0.2) is 37.2 Å². The molecule has 1 atom stereocenters. The van der Waals surface area contributed by atoms with Crippen LogP contribution in [0.15, 0.2) is 42.5 Å². The second-order valence-electron chi connectivity index (χ2n) is 6.04. The van der Waals surface area contributed by atoms with E-state index in [1.54, 1.807) is 13.2 Å². The zero-order valence-corrected chi connectivity index (χ0v) is 14.2. The van der Waals surface area contributed by atoms with Crippen molar-refractivity contribution in [3.63, 3.8) is 0 Å². The number of pyridine rings is 1. The van der Waals surface area contributed by atoms with Gasteiger partial charge in [0, 0.05) is 32.0 Å². The smallest absolute Gasteiger partial charge is 0.269 e. The van der Waals surface area contributed by atoms with Crippen molar-refractivity contribution >= 4 is 17.4 Å². The third-order valence-corrected chi connectivity index (χ3v) is 4.23. The van der Waals surface area contributed by atoms with Gasteiger partial charge in [0.1, 0.15) is 11.5 Å². The van der Waals surface area contributed by atoms with E-state index in [2.05, 4.69) is 40.3 Å². The number of nitrogens with zero attached hydrogens (tertiary/aromatic N) is 2. The lowest BCUT2D eigenvalue weighted by molar-refractivity contribution is 0.0943. The number of aromatic nitrogens is 1. The van der Waals surface area contributed by atoms with Gasteiger partial charge in [-0.05, 0) is 43.5 Å². The average molecular weight is 325 g/mol. The molecule has 0 saturated heterocycles. The predicted molar refractivity (Wildman–Crippen MR) is 94.8 cm³/mol. The molecule has 1 aliphatic rings.